The van der Waals surface area contributed by atoms with E-state index in [9.17, 15) is 4.39 Å². The molecule has 0 aromatic heterocycles. The minimum absolute atomic E-state index is 0.333. The molecule has 2 N–H and O–H groups in total. The van der Waals surface area contributed by atoms with E-state index < -0.39 is 6.16 Å². The first-order chi connectivity index (χ1) is 3.46. The second-order valence-electron chi connectivity index (χ2n) is 0.959. The number of allylic oxidation sites excluding steroid dienone is 1. The van der Waals surface area contributed by atoms with Crippen LogP contribution in [0.4, 0.5) is 9.18 Å². The Balaban J connectivity index is 0. The smallest absolute Gasteiger partial charge is 0.450 e. The van der Waals surface area contributed by atoms with Crippen molar-refractivity contribution in [2.24, 2.45) is 0 Å². The number of carboxylic acid groups (broad SMARTS) is 2. The molecule has 0 rings (SSSR count). The fourth-order valence-electron chi connectivity index (χ4n) is 0. The van der Waals surface area contributed by atoms with Crippen molar-refractivity contribution < 1.29 is 19.4 Å². The van der Waals surface area contributed by atoms with Crippen LogP contribution in [0.2, 0.25) is 0 Å². The fourth-order valence-corrected chi connectivity index (χ4v) is 0. The van der Waals surface area contributed by atoms with Gasteiger partial charge in [0.05, 0.1) is 5.83 Å². The Bertz CT molecular complexity index is 69.3. The van der Waals surface area contributed by atoms with E-state index in [0.717, 1.165) is 0 Å². The summed E-state index contributed by atoms with van der Waals surface area (Å²) < 4.78 is 10.8. The summed E-state index contributed by atoms with van der Waals surface area (Å²) in [5.41, 5.74) is 0. The zero-order valence-electron chi connectivity index (χ0n) is 4.39. The standard InChI is InChI=1S/C3H5F.CH2O3/c1-3(2)4;2-1(3)4/h1H2,2H3;(H2,2,3,4). The highest BCUT2D eigenvalue weighted by Crippen LogP contribution is 1.80. The van der Waals surface area contributed by atoms with Gasteiger partial charge in [-0.3, -0.25) is 0 Å². The second-order valence-corrected chi connectivity index (χ2v) is 0.959. The maximum atomic E-state index is 10.8. The molecule has 0 aliphatic rings. The van der Waals surface area contributed by atoms with Crippen molar-refractivity contribution in [1.29, 1.82) is 0 Å². The van der Waals surface area contributed by atoms with Crippen molar-refractivity contribution in [3.63, 3.8) is 0 Å². The lowest BCUT2D eigenvalue weighted by Gasteiger charge is -1.60. The minimum Gasteiger partial charge on any atom is -0.450 e. The quantitative estimate of drug-likeness (QED) is 0.514. The van der Waals surface area contributed by atoms with Crippen molar-refractivity contribution in [2.45, 2.75) is 6.92 Å². The van der Waals surface area contributed by atoms with Gasteiger partial charge < -0.3 is 10.2 Å². The summed E-state index contributed by atoms with van der Waals surface area (Å²) >= 11 is 0. The molecule has 0 amide bonds. The summed E-state index contributed by atoms with van der Waals surface area (Å²) in [5.74, 6) is -0.333. The highest BCUT2D eigenvalue weighted by atomic mass is 19.1. The Hall–Kier alpha value is -1.06. The van der Waals surface area contributed by atoms with Crippen LogP contribution in [0.1, 0.15) is 6.92 Å². The first kappa shape index (κ1) is 10.0. The van der Waals surface area contributed by atoms with Crippen LogP contribution in [-0.4, -0.2) is 16.4 Å². The lowest BCUT2D eigenvalue weighted by molar-refractivity contribution is 0.137. The Morgan fingerprint density at radius 3 is 1.62 bits per heavy atom. The third kappa shape index (κ3) is 68.3. The molecule has 0 spiro atoms. The molecule has 8 heavy (non-hydrogen) atoms. The first-order valence-electron chi connectivity index (χ1n) is 1.69. The maximum Gasteiger partial charge on any atom is 0.503 e. The molecular formula is C4H7FO3. The van der Waals surface area contributed by atoms with Gasteiger partial charge in [-0.15, -0.1) is 0 Å². The predicted molar refractivity (Wildman–Crippen MR) is 26.6 cm³/mol. The van der Waals surface area contributed by atoms with E-state index in [-0.39, 0.29) is 5.83 Å². The molecule has 0 bridgehead atoms. The van der Waals surface area contributed by atoms with Crippen LogP contribution in [0.15, 0.2) is 12.4 Å². The van der Waals surface area contributed by atoms with Crippen LogP contribution in [0.3, 0.4) is 0 Å². The monoisotopic (exact) mass is 122 g/mol. The van der Waals surface area contributed by atoms with Crippen LogP contribution in [0.5, 0.6) is 0 Å². The van der Waals surface area contributed by atoms with Gasteiger partial charge in [-0.1, -0.05) is 6.58 Å². The highest BCUT2D eigenvalue weighted by Gasteiger charge is 1.70. The highest BCUT2D eigenvalue weighted by molar-refractivity contribution is 5.53. The summed E-state index contributed by atoms with van der Waals surface area (Å²) in [5, 5.41) is 13.9. The van der Waals surface area contributed by atoms with Crippen molar-refractivity contribution in [1.82, 2.24) is 0 Å². The number of halogens is 1. The molecule has 0 heterocycles. The van der Waals surface area contributed by atoms with Crippen molar-refractivity contribution in [3.05, 3.63) is 12.4 Å². The number of hydrogen-bond acceptors (Lipinski definition) is 1. The van der Waals surface area contributed by atoms with Gasteiger partial charge >= 0.3 is 6.16 Å². The molecule has 0 saturated heterocycles. The van der Waals surface area contributed by atoms with Crippen LogP contribution < -0.4 is 0 Å². The average Bonchev–Trinajstić information content (AvgIpc) is 1.25. The molecule has 0 aliphatic heterocycles. The zero-order valence-corrected chi connectivity index (χ0v) is 4.39. The normalized spacial score (nSPS) is 6.25. The molecule has 0 unspecified atom stereocenters. The lowest BCUT2D eigenvalue weighted by atomic mass is 10.7. The summed E-state index contributed by atoms with van der Waals surface area (Å²) in [6.07, 6.45) is -1.83. The second kappa shape index (κ2) is 5.94. The van der Waals surface area contributed by atoms with E-state index in [1.807, 2.05) is 0 Å². The Morgan fingerprint density at radius 1 is 1.62 bits per heavy atom. The lowest BCUT2D eigenvalue weighted by Crippen LogP contribution is -1.81. The van der Waals surface area contributed by atoms with E-state index in [4.69, 9.17) is 15.0 Å². The SMILES string of the molecule is C=C(C)F.O=C(O)O. The molecule has 0 radical (unpaired) electrons. The molecule has 0 saturated carbocycles. The maximum absolute atomic E-state index is 10.8. The predicted octanol–water partition coefficient (Wildman–Crippen LogP) is 1.71. The van der Waals surface area contributed by atoms with Gasteiger partial charge in [-0.05, 0) is 6.92 Å². The summed E-state index contributed by atoms with van der Waals surface area (Å²) in [7, 11) is 0. The largest absolute Gasteiger partial charge is 0.503 e. The van der Waals surface area contributed by atoms with E-state index in [0.29, 0.717) is 0 Å². The van der Waals surface area contributed by atoms with Gasteiger partial charge in [-0.25, -0.2) is 9.18 Å². The Kier molecular flexibility index (Phi) is 7.45. The molecule has 3 nitrogen and oxygen atoms in total. The van der Waals surface area contributed by atoms with Crippen LogP contribution in [-0.2, 0) is 0 Å². The molecular weight excluding hydrogens is 115 g/mol. The van der Waals surface area contributed by atoms with Gasteiger partial charge in [-0.2, -0.15) is 0 Å². The van der Waals surface area contributed by atoms with E-state index in [1.165, 1.54) is 6.92 Å². The summed E-state index contributed by atoms with van der Waals surface area (Å²) in [6, 6.07) is 0. The van der Waals surface area contributed by atoms with Gasteiger partial charge in [0, 0.05) is 0 Å². The topological polar surface area (TPSA) is 57.5 Å². The van der Waals surface area contributed by atoms with Crippen molar-refractivity contribution >= 4 is 6.16 Å². The average molecular weight is 122 g/mol. The van der Waals surface area contributed by atoms with Crippen LogP contribution in [0.25, 0.3) is 0 Å². The summed E-state index contributed by atoms with van der Waals surface area (Å²) in [6.45, 7) is 4.19. The first-order valence-corrected chi connectivity index (χ1v) is 1.69. The number of hydrogen-bond donors (Lipinski definition) is 2. The Labute approximate surface area is 46.1 Å². The summed E-state index contributed by atoms with van der Waals surface area (Å²) in [4.78, 5) is 8.56. The third-order valence-electron chi connectivity index (χ3n) is 0. The van der Waals surface area contributed by atoms with Crippen molar-refractivity contribution in [3.8, 4) is 0 Å². The fraction of sp³-hybridized carbons (Fsp3) is 0.250. The van der Waals surface area contributed by atoms with E-state index >= 15 is 0 Å². The number of rotatable bonds is 0. The number of carbonyl (C=O) groups is 1. The Morgan fingerprint density at radius 2 is 1.62 bits per heavy atom. The van der Waals surface area contributed by atoms with Crippen LogP contribution in [0, 0.1) is 0 Å². The zero-order chi connectivity index (χ0) is 7.15. The van der Waals surface area contributed by atoms with E-state index in [1.54, 1.807) is 0 Å². The molecule has 0 aliphatic carbocycles. The minimum atomic E-state index is -1.83. The molecule has 0 fully saturated rings. The molecule has 0 aromatic carbocycles. The van der Waals surface area contributed by atoms with Crippen LogP contribution >= 0.6 is 0 Å². The van der Waals surface area contributed by atoms with Gasteiger partial charge in [0.25, 0.3) is 0 Å². The van der Waals surface area contributed by atoms with Gasteiger partial charge in [0.15, 0.2) is 0 Å². The molecule has 48 valence electrons. The molecule has 0 atom stereocenters. The van der Waals surface area contributed by atoms with Crippen molar-refractivity contribution in [2.75, 3.05) is 0 Å². The third-order valence-corrected chi connectivity index (χ3v) is 0. The molecule has 0 aromatic rings. The van der Waals surface area contributed by atoms with Gasteiger partial charge in [0.1, 0.15) is 0 Å². The molecule has 4 heteroatoms. The van der Waals surface area contributed by atoms with Gasteiger partial charge in [0.2, 0.25) is 0 Å². The van der Waals surface area contributed by atoms with E-state index in [2.05, 4.69) is 6.58 Å².